The Hall–Kier alpha value is -1.71. The number of fused-ring (bicyclic) bond motifs is 1. The normalized spacial score (nSPS) is 15.8. The van der Waals surface area contributed by atoms with E-state index in [9.17, 15) is 0 Å². The lowest BCUT2D eigenvalue weighted by molar-refractivity contribution is 0.0720. The van der Waals surface area contributed by atoms with Gasteiger partial charge < -0.3 is 4.74 Å². The Labute approximate surface area is 132 Å². The fraction of sp³-hybridized carbons (Fsp3) is 0.421. The highest BCUT2D eigenvalue weighted by molar-refractivity contribution is 5.65. The Kier molecular flexibility index (Phi) is 4.55. The Morgan fingerprint density at radius 3 is 2.86 bits per heavy atom. The average molecular weight is 296 g/mol. The molecule has 22 heavy (non-hydrogen) atoms. The van der Waals surface area contributed by atoms with Crippen LogP contribution < -0.4 is 0 Å². The molecule has 2 heterocycles. The van der Waals surface area contributed by atoms with Crippen LogP contribution in [0.3, 0.4) is 0 Å². The second kappa shape index (κ2) is 6.59. The van der Waals surface area contributed by atoms with Crippen molar-refractivity contribution in [1.29, 1.82) is 0 Å². The first-order valence-corrected chi connectivity index (χ1v) is 8.03. The fourth-order valence-electron chi connectivity index (χ4n) is 3.14. The summed E-state index contributed by atoms with van der Waals surface area (Å²) in [5.41, 5.74) is 6.76. The van der Waals surface area contributed by atoms with Gasteiger partial charge in [-0.25, -0.2) is 0 Å². The standard InChI is InChI=1S/C19H24N2O/c1-4-22-13-15(3)21-11-18-9-17(8-14(2)19(18)12-21)16-6-5-7-20-10-16/h5-10,15H,4,11-13H2,1-3H3. The summed E-state index contributed by atoms with van der Waals surface area (Å²) in [7, 11) is 0. The lowest BCUT2D eigenvalue weighted by atomic mass is 9.97. The minimum absolute atomic E-state index is 0.452. The molecule has 0 saturated heterocycles. The molecule has 116 valence electrons. The highest BCUT2D eigenvalue weighted by atomic mass is 16.5. The van der Waals surface area contributed by atoms with E-state index in [-0.39, 0.29) is 0 Å². The van der Waals surface area contributed by atoms with Crippen LogP contribution in [0.2, 0.25) is 0 Å². The van der Waals surface area contributed by atoms with Crippen LogP contribution in [0.4, 0.5) is 0 Å². The minimum Gasteiger partial charge on any atom is -0.380 e. The largest absolute Gasteiger partial charge is 0.380 e. The summed E-state index contributed by atoms with van der Waals surface area (Å²) in [6, 6.07) is 9.18. The van der Waals surface area contributed by atoms with Crippen molar-refractivity contribution in [3.63, 3.8) is 0 Å². The van der Waals surface area contributed by atoms with Gasteiger partial charge in [-0.05, 0) is 55.2 Å². The van der Waals surface area contributed by atoms with E-state index < -0.39 is 0 Å². The van der Waals surface area contributed by atoms with Gasteiger partial charge in [-0.15, -0.1) is 0 Å². The maximum Gasteiger partial charge on any atom is 0.0619 e. The van der Waals surface area contributed by atoms with Gasteiger partial charge in [0, 0.05) is 43.7 Å². The maximum atomic E-state index is 5.58. The predicted octanol–water partition coefficient (Wildman–Crippen LogP) is 3.80. The molecule has 0 radical (unpaired) electrons. The van der Waals surface area contributed by atoms with Crippen LogP contribution in [-0.2, 0) is 17.8 Å². The molecular weight excluding hydrogens is 272 g/mol. The van der Waals surface area contributed by atoms with E-state index >= 15 is 0 Å². The van der Waals surface area contributed by atoms with Crippen molar-refractivity contribution in [2.24, 2.45) is 0 Å². The lowest BCUT2D eigenvalue weighted by Gasteiger charge is -2.23. The quantitative estimate of drug-likeness (QED) is 0.839. The average Bonchev–Trinajstić information content (AvgIpc) is 2.98. The molecule has 0 fully saturated rings. The van der Waals surface area contributed by atoms with Gasteiger partial charge >= 0.3 is 0 Å². The van der Waals surface area contributed by atoms with Crippen molar-refractivity contribution in [3.8, 4) is 11.1 Å². The molecule has 0 N–H and O–H groups in total. The summed E-state index contributed by atoms with van der Waals surface area (Å²) in [6.07, 6.45) is 3.76. The lowest BCUT2D eigenvalue weighted by Crippen LogP contribution is -2.32. The molecule has 0 spiro atoms. The molecule has 1 atom stereocenters. The molecule has 1 aliphatic heterocycles. The molecule has 0 bridgehead atoms. The fourth-order valence-corrected chi connectivity index (χ4v) is 3.14. The van der Waals surface area contributed by atoms with E-state index in [2.05, 4.69) is 48.9 Å². The number of hydrogen-bond donors (Lipinski definition) is 0. The predicted molar refractivity (Wildman–Crippen MR) is 89.6 cm³/mol. The molecule has 1 aromatic carbocycles. The molecule has 0 amide bonds. The Morgan fingerprint density at radius 2 is 2.14 bits per heavy atom. The summed E-state index contributed by atoms with van der Waals surface area (Å²) in [4.78, 5) is 6.73. The summed E-state index contributed by atoms with van der Waals surface area (Å²) in [5.74, 6) is 0. The van der Waals surface area contributed by atoms with Crippen molar-refractivity contribution >= 4 is 0 Å². The Balaban J connectivity index is 1.83. The first-order chi connectivity index (χ1) is 10.7. The van der Waals surface area contributed by atoms with Gasteiger partial charge in [-0.3, -0.25) is 9.88 Å². The van der Waals surface area contributed by atoms with E-state index in [1.165, 1.54) is 27.8 Å². The highest BCUT2D eigenvalue weighted by Crippen LogP contribution is 2.32. The molecule has 0 aliphatic carbocycles. The van der Waals surface area contributed by atoms with Gasteiger partial charge in [0.05, 0.1) is 6.61 Å². The molecule has 1 aliphatic rings. The molecule has 0 saturated carbocycles. The van der Waals surface area contributed by atoms with Crippen molar-refractivity contribution in [3.05, 3.63) is 53.3 Å². The van der Waals surface area contributed by atoms with Crippen LogP contribution in [0.25, 0.3) is 11.1 Å². The number of benzene rings is 1. The van der Waals surface area contributed by atoms with Crippen LogP contribution in [0, 0.1) is 6.92 Å². The van der Waals surface area contributed by atoms with Crippen LogP contribution in [0.5, 0.6) is 0 Å². The minimum atomic E-state index is 0.452. The number of aryl methyl sites for hydroxylation is 1. The van der Waals surface area contributed by atoms with Crippen LogP contribution in [-0.4, -0.2) is 29.1 Å². The summed E-state index contributed by atoms with van der Waals surface area (Å²) >= 11 is 0. The van der Waals surface area contributed by atoms with Gasteiger partial charge in [0.25, 0.3) is 0 Å². The molecule has 1 aromatic heterocycles. The molecule has 2 aromatic rings. The van der Waals surface area contributed by atoms with Crippen LogP contribution >= 0.6 is 0 Å². The van der Waals surface area contributed by atoms with Gasteiger partial charge in [0.1, 0.15) is 0 Å². The van der Waals surface area contributed by atoms with Crippen LogP contribution in [0.15, 0.2) is 36.7 Å². The van der Waals surface area contributed by atoms with Crippen molar-refractivity contribution in [2.45, 2.75) is 39.9 Å². The first kappa shape index (κ1) is 15.2. The molecular formula is C19H24N2O. The molecule has 3 heteroatoms. The zero-order valence-corrected chi connectivity index (χ0v) is 13.7. The molecule has 1 unspecified atom stereocenters. The van der Waals surface area contributed by atoms with E-state index in [0.29, 0.717) is 6.04 Å². The van der Waals surface area contributed by atoms with Gasteiger partial charge in [-0.1, -0.05) is 12.1 Å². The zero-order chi connectivity index (χ0) is 15.5. The van der Waals surface area contributed by atoms with Gasteiger partial charge in [-0.2, -0.15) is 0 Å². The Bertz CT molecular complexity index is 639. The van der Waals surface area contributed by atoms with E-state index in [1.54, 1.807) is 0 Å². The van der Waals surface area contributed by atoms with Crippen molar-refractivity contribution in [2.75, 3.05) is 13.2 Å². The van der Waals surface area contributed by atoms with Crippen molar-refractivity contribution in [1.82, 2.24) is 9.88 Å². The number of ether oxygens (including phenoxy) is 1. The smallest absolute Gasteiger partial charge is 0.0619 e. The number of hydrogen-bond acceptors (Lipinski definition) is 3. The summed E-state index contributed by atoms with van der Waals surface area (Å²) < 4.78 is 5.58. The van der Waals surface area contributed by atoms with Crippen molar-refractivity contribution < 1.29 is 4.74 Å². The Morgan fingerprint density at radius 1 is 1.27 bits per heavy atom. The second-order valence-corrected chi connectivity index (χ2v) is 6.09. The van der Waals surface area contributed by atoms with E-state index in [0.717, 1.165) is 26.3 Å². The van der Waals surface area contributed by atoms with Crippen LogP contribution in [0.1, 0.15) is 30.5 Å². The monoisotopic (exact) mass is 296 g/mol. The molecule has 3 nitrogen and oxygen atoms in total. The highest BCUT2D eigenvalue weighted by Gasteiger charge is 2.25. The van der Waals surface area contributed by atoms with E-state index in [4.69, 9.17) is 4.74 Å². The third kappa shape index (κ3) is 3.06. The topological polar surface area (TPSA) is 25.4 Å². The zero-order valence-electron chi connectivity index (χ0n) is 13.7. The van der Waals surface area contributed by atoms with Gasteiger partial charge in [0.2, 0.25) is 0 Å². The SMILES string of the molecule is CCOCC(C)N1Cc2cc(-c3cccnc3)cc(C)c2C1. The third-order valence-electron chi connectivity index (χ3n) is 4.48. The number of rotatable bonds is 5. The van der Waals surface area contributed by atoms with E-state index in [1.807, 2.05) is 18.5 Å². The van der Waals surface area contributed by atoms with Gasteiger partial charge in [0.15, 0.2) is 0 Å². The number of nitrogens with zero attached hydrogens (tertiary/aromatic N) is 2. The number of aromatic nitrogens is 1. The first-order valence-electron chi connectivity index (χ1n) is 8.03. The third-order valence-corrected chi connectivity index (χ3v) is 4.48. The number of pyridine rings is 1. The maximum absolute atomic E-state index is 5.58. The molecule has 3 rings (SSSR count). The summed E-state index contributed by atoms with van der Waals surface area (Å²) in [5, 5.41) is 0. The summed E-state index contributed by atoms with van der Waals surface area (Å²) in [6.45, 7) is 10.2. The second-order valence-electron chi connectivity index (χ2n) is 6.09.